The van der Waals surface area contributed by atoms with Crippen LogP contribution in [0.25, 0.3) is 5.57 Å². The van der Waals surface area contributed by atoms with Gasteiger partial charge in [-0.3, -0.25) is 4.99 Å². The van der Waals surface area contributed by atoms with Gasteiger partial charge in [0.15, 0.2) is 5.96 Å². The van der Waals surface area contributed by atoms with Crippen LogP contribution in [0.1, 0.15) is 17.5 Å². The minimum atomic E-state index is 0.780. The first-order chi connectivity index (χ1) is 13.7. The summed E-state index contributed by atoms with van der Waals surface area (Å²) in [6.45, 7) is 2.61. The van der Waals surface area contributed by atoms with Crippen molar-refractivity contribution in [3.8, 4) is 11.5 Å². The van der Waals surface area contributed by atoms with Crippen molar-refractivity contribution in [1.29, 1.82) is 0 Å². The van der Waals surface area contributed by atoms with E-state index in [1.165, 1.54) is 11.1 Å². The van der Waals surface area contributed by atoms with Crippen molar-refractivity contribution in [3.63, 3.8) is 0 Å². The van der Waals surface area contributed by atoms with Crippen LogP contribution in [0.2, 0.25) is 0 Å². The monoisotopic (exact) mass is 379 g/mol. The van der Waals surface area contributed by atoms with E-state index in [1.807, 2.05) is 25.2 Å². The van der Waals surface area contributed by atoms with E-state index in [0.717, 1.165) is 55.5 Å². The lowest BCUT2D eigenvalue weighted by Crippen LogP contribution is -2.44. The number of hydrogen-bond donors (Lipinski definition) is 1. The fourth-order valence-electron chi connectivity index (χ4n) is 3.49. The Labute approximate surface area is 167 Å². The summed E-state index contributed by atoms with van der Waals surface area (Å²) in [5.41, 5.74) is 3.85. The molecule has 1 aliphatic heterocycles. The summed E-state index contributed by atoms with van der Waals surface area (Å²) < 4.78 is 10.8. The van der Waals surface area contributed by atoms with Crippen LogP contribution in [0.15, 0.2) is 59.6 Å². The van der Waals surface area contributed by atoms with Gasteiger partial charge < -0.3 is 19.7 Å². The molecule has 1 N–H and O–H groups in total. The van der Waals surface area contributed by atoms with Gasteiger partial charge in [-0.25, -0.2) is 0 Å². The standard InChI is InChI=1S/C23H29N3O2/c1-24-23(25-14-11-20-17-21(27-2)9-10-22(20)28-3)26-15-12-19(13-16-26)18-7-5-4-6-8-18/h4-10,12,17H,11,13-16H2,1-3H3,(H,24,25). The summed E-state index contributed by atoms with van der Waals surface area (Å²) in [6.07, 6.45) is 4.16. The number of rotatable bonds is 6. The van der Waals surface area contributed by atoms with E-state index < -0.39 is 0 Å². The Balaban J connectivity index is 1.57. The molecule has 0 fully saturated rings. The number of nitrogens with zero attached hydrogens (tertiary/aromatic N) is 2. The van der Waals surface area contributed by atoms with E-state index in [9.17, 15) is 0 Å². The van der Waals surface area contributed by atoms with Crippen molar-refractivity contribution in [1.82, 2.24) is 10.2 Å². The van der Waals surface area contributed by atoms with Crippen molar-refractivity contribution in [2.24, 2.45) is 4.99 Å². The molecule has 28 heavy (non-hydrogen) atoms. The van der Waals surface area contributed by atoms with Gasteiger partial charge in [0, 0.05) is 26.7 Å². The van der Waals surface area contributed by atoms with Crippen LogP contribution < -0.4 is 14.8 Å². The molecule has 3 rings (SSSR count). The molecule has 2 aromatic rings. The van der Waals surface area contributed by atoms with Crippen molar-refractivity contribution < 1.29 is 9.47 Å². The highest BCUT2D eigenvalue weighted by atomic mass is 16.5. The highest BCUT2D eigenvalue weighted by molar-refractivity contribution is 5.81. The van der Waals surface area contributed by atoms with Crippen LogP contribution in [-0.2, 0) is 6.42 Å². The molecule has 0 atom stereocenters. The van der Waals surface area contributed by atoms with Gasteiger partial charge >= 0.3 is 0 Å². The summed E-state index contributed by atoms with van der Waals surface area (Å²) in [7, 11) is 5.21. The molecule has 2 aromatic carbocycles. The smallest absolute Gasteiger partial charge is 0.193 e. The number of methoxy groups -OCH3 is 2. The van der Waals surface area contributed by atoms with Crippen LogP contribution >= 0.6 is 0 Å². The molecule has 1 aliphatic rings. The number of benzene rings is 2. The van der Waals surface area contributed by atoms with Crippen molar-refractivity contribution in [3.05, 3.63) is 65.7 Å². The van der Waals surface area contributed by atoms with E-state index in [1.54, 1.807) is 14.2 Å². The molecule has 0 aliphatic carbocycles. The van der Waals surface area contributed by atoms with Crippen molar-refractivity contribution in [2.45, 2.75) is 12.8 Å². The molecule has 1 heterocycles. The van der Waals surface area contributed by atoms with Crippen LogP contribution in [0.3, 0.4) is 0 Å². The molecular formula is C23H29N3O2. The lowest BCUT2D eigenvalue weighted by atomic mass is 10.00. The SMILES string of the molecule is CN=C(NCCc1cc(OC)ccc1OC)N1CC=C(c2ccccc2)CC1. The maximum atomic E-state index is 5.47. The quantitative estimate of drug-likeness (QED) is 0.615. The highest BCUT2D eigenvalue weighted by Gasteiger charge is 2.16. The number of hydrogen-bond acceptors (Lipinski definition) is 3. The minimum absolute atomic E-state index is 0.780. The van der Waals surface area contributed by atoms with Crippen LogP contribution in [0, 0.1) is 0 Å². The Morgan fingerprint density at radius 2 is 1.93 bits per heavy atom. The van der Waals surface area contributed by atoms with E-state index in [2.05, 4.69) is 51.6 Å². The lowest BCUT2D eigenvalue weighted by Gasteiger charge is -2.30. The number of nitrogens with one attached hydrogen (secondary N) is 1. The highest BCUT2D eigenvalue weighted by Crippen LogP contribution is 2.24. The van der Waals surface area contributed by atoms with Gasteiger partial charge in [0.05, 0.1) is 14.2 Å². The second-order valence-electron chi connectivity index (χ2n) is 6.69. The molecule has 0 bridgehead atoms. The summed E-state index contributed by atoms with van der Waals surface area (Å²) in [4.78, 5) is 6.75. The zero-order chi connectivity index (χ0) is 19.8. The van der Waals surface area contributed by atoms with Crippen LogP contribution in [0.4, 0.5) is 0 Å². The van der Waals surface area contributed by atoms with E-state index in [-0.39, 0.29) is 0 Å². The van der Waals surface area contributed by atoms with Crippen LogP contribution in [-0.4, -0.2) is 51.8 Å². The Morgan fingerprint density at radius 3 is 2.57 bits per heavy atom. The average molecular weight is 380 g/mol. The normalized spacial score (nSPS) is 14.5. The van der Waals surface area contributed by atoms with E-state index in [4.69, 9.17) is 9.47 Å². The van der Waals surface area contributed by atoms with Gasteiger partial charge in [0.1, 0.15) is 11.5 Å². The average Bonchev–Trinajstić information content (AvgIpc) is 2.77. The minimum Gasteiger partial charge on any atom is -0.497 e. The van der Waals surface area contributed by atoms with Gasteiger partial charge in [0.2, 0.25) is 0 Å². The summed E-state index contributed by atoms with van der Waals surface area (Å²) in [5.74, 6) is 2.66. The summed E-state index contributed by atoms with van der Waals surface area (Å²) in [6, 6.07) is 16.5. The zero-order valence-corrected chi connectivity index (χ0v) is 16.9. The molecule has 0 amide bonds. The van der Waals surface area contributed by atoms with Gasteiger partial charge in [-0.1, -0.05) is 36.4 Å². The third kappa shape index (κ3) is 4.85. The molecular weight excluding hydrogens is 350 g/mol. The second kappa shape index (κ2) is 9.83. The number of aliphatic imine (C=N–C) groups is 1. The fraction of sp³-hybridized carbons (Fsp3) is 0.348. The molecule has 0 saturated heterocycles. The van der Waals surface area contributed by atoms with Gasteiger partial charge in [-0.15, -0.1) is 0 Å². The zero-order valence-electron chi connectivity index (χ0n) is 16.9. The molecule has 0 unspecified atom stereocenters. The maximum Gasteiger partial charge on any atom is 0.193 e. The molecule has 0 saturated carbocycles. The first-order valence-corrected chi connectivity index (χ1v) is 9.66. The summed E-state index contributed by atoms with van der Waals surface area (Å²) in [5, 5.41) is 3.48. The Hall–Kier alpha value is -2.95. The summed E-state index contributed by atoms with van der Waals surface area (Å²) >= 11 is 0. The molecule has 148 valence electrons. The molecule has 0 aromatic heterocycles. The van der Waals surface area contributed by atoms with Gasteiger partial charge in [-0.05, 0) is 47.7 Å². The van der Waals surface area contributed by atoms with Crippen molar-refractivity contribution >= 4 is 11.5 Å². The molecule has 0 spiro atoms. The van der Waals surface area contributed by atoms with E-state index >= 15 is 0 Å². The van der Waals surface area contributed by atoms with Gasteiger partial charge in [-0.2, -0.15) is 0 Å². The molecule has 5 heteroatoms. The largest absolute Gasteiger partial charge is 0.497 e. The maximum absolute atomic E-state index is 5.47. The third-order valence-corrected chi connectivity index (χ3v) is 5.03. The predicted octanol–water partition coefficient (Wildman–Crippen LogP) is 3.61. The Morgan fingerprint density at radius 1 is 1.11 bits per heavy atom. The topological polar surface area (TPSA) is 46.1 Å². The lowest BCUT2D eigenvalue weighted by molar-refractivity contribution is 0.398. The predicted molar refractivity (Wildman–Crippen MR) is 115 cm³/mol. The Kier molecular flexibility index (Phi) is 6.95. The van der Waals surface area contributed by atoms with Crippen molar-refractivity contribution in [2.75, 3.05) is 40.9 Å². The van der Waals surface area contributed by atoms with E-state index in [0.29, 0.717) is 0 Å². The van der Waals surface area contributed by atoms with Crippen LogP contribution in [0.5, 0.6) is 11.5 Å². The first-order valence-electron chi connectivity index (χ1n) is 9.66. The second-order valence-corrected chi connectivity index (χ2v) is 6.69. The number of ether oxygens (including phenoxy) is 2. The molecule has 5 nitrogen and oxygen atoms in total. The third-order valence-electron chi connectivity index (χ3n) is 5.03. The van der Waals surface area contributed by atoms with Gasteiger partial charge in [0.25, 0.3) is 0 Å². The first kappa shape index (κ1) is 19.8. The molecule has 0 radical (unpaired) electrons. The fourth-order valence-corrected chi connectivity index (χ4v) is 3.49. The Bertz CT molecular complexity index is 831. The number of guanidine groups is 1.